The van der Waals surface area contributed by atoms with Gasteiger partial charge in [0.1, 0.15) is 0 Å². The molecule has 7 nitrogen and oxygen atoms in total. The molecular weight excluding hydrogens is 352 g/mol. The predicted molar refractivity (Wildman–Crippen MR) is 108 cm³/mol. The van der Waals surface area contributed by atoms with E-state index in [1.807, 2.05) is 17.0 Å². The summed E-state index contributed by atoms with van der Waals surface area (Å²) in [7, 11) is 0. The average Bonchev–Trinajstić information content (AvgIpc) is 3.23. The number of benzene rings is 1. The van der Waals surface area contributed by atoms with Crippen LogP contribution < -0.4 is 4.90 Å². The summed E-state index contributed by atoms with van der Waals surface area (Å²) in [6.07, 6.45) is 10.3. The number of piperidine rings is 1. The molecule has 1 amide bonds. The number of H-pyrrole nitrogens is 1. The second-order valence-electron chi connectivity index (χ2n) is 7.07. The number of pyridine rings is 1. The van der Waals surface area contributed by atoms with Gasteiger partial charge in [0.05, 0.1) is 0 Å². The summed E-state index contributed by atoms with van der Waals surface area (Å²) in [5.41, 5.74) is 6.20. The first-order valence-electron chi connectivity index (χ1n) is 9.40. The van der Waals surface area contributed by atoms with Gasteiger partial charge in [0.25, 0.3) is 0 Å². The van der Waals surface area contributed by atoms with Gasteiger partial charge in [-0.05, 0) is 72.4 Å². The topological polar surface area (TPSA) is 87.7 Å². The van der Waals surface area contributed by atoms with Crippen molar-refractivity contribution in [1.82, 2.24) is 25.6 Å². The molecule has 3 aromatic rings. The van der Waals surface area contributed by atoms with Crippen molar-refractivity contribution in [2.75, 3.05) is 11.4 Å². The summed E-state index contributed by atoms with van der Waals surface area (Å²) in [6, 6.07) is 6.17. The molecule has 2 aromatic heterocycles. The molecule has 1 aliphatic rings. The first kappa shape index (κ1) is 18.0. The Kier molecular flexibility index (Phi) is 4.97. The van der Waals surface area contributed by atoms with E-state index in [4.69, 9.17) is 0 Å². The smallest absolute Gasteiger partial charge is 0.226 e. The number of hydrogen-bond acceptors (Lipinski definition) is 5. The summed E-state index contributed by atoms with van der Waals surface area (Å²) in [5.74, 6) is 0.739. The third-order valence-electron chi connectivity index (χ3n) is 5.02. The average molecular weight is 374 g/mol. The van der Waals surface area contributed by atoms with Gasteiger partial charge in [-0.15, -0.1) is 10.2 Å². The highest BCUT2D eigenvalue weighted by Crippen LogP contribution is 2.27. The molecule has 142 valence electrons. The number of aromatic amines is 1. The molecule has 0 unspecified atom stereocenters. The van der Waals surface area contributed by atoms with Gasteiger partial charge in [-0.25, -0.2) is 0 Å². The van der Waals surface area contributed by atoms with Crippen molar-refractivity contribution < 1.29 is 4.79 Å². The van der Waals surface area contributed by atoms with Crippen LogP contribution in [-0.4, -0.2) is 38.1 Å². The van der Waals surface area contributed by atoms with Gasteiger partial charge in [-0.1, -0.05) is 12.2 Å². The van der Waals surface area contributed by atoms with Crippen molar-refractivity contribution in [2.24, 2.45) is 0 Å². The van der Waals surface area contributed by atoms with Crippen LogP contribution in [0.5, 0.6) is 0 Å². The minimum atomic E-state index is 0.220. The van der Waals surface area contributed by atoms with Crippen LogP contribution in [0.1, 0.15) is 41.5 Å². The molecule has 0 spiro atoms. The Morgan fingerprint density at radius 2 is 1.89 bits per heavy atom. The second-order valence-corrected chi connectivity index (χ2v) is 7.07. The lowest BCUT2D eigenvalue weighted by atomic mass is 9.99. The molecule has 0 radical (unpaired) electrons. The van der Waals surface area contributed by atoms with E-state index >= 15 is 0 Å². The van der Waals surface area contributed by atoms with Crippen LogP contribution in [-0.2, 0) is 4.79 Å². The highest BCUT2D eigenvalue weighted by atomic mass is 16.2. The van der Waals surface area contributed by atoms with E-state index in [9.17, 15) is 4.79 Å². The van der Waals surface area contributed by atoms with Crippen molar-refractivity contribution >= 4 is 23.7 Å². The Balaban J connectivity index is 1.60. The molecule has 1 aromatic carbocycles. The van der Waals surface area contributed by atoms with E-state index in [0.29, 0.717) is 12.2 Å². The largest absolute Gasteiger partial charge is 0.312 e. The van der Waals surface area contributed by atoms with E-state index in [1.54, 1.807) is 12.4 Å². The summed E-state index contributed by atoms with van der Waals surface area (Å²) in [6.45, 7) is 4.97. The minimum absolute atomic E-state index is 0.220. The minimum Gasteiger partial charge on any atom is -0.312 e. The predicted octanol–water partition coefficient (Wildman–Crippen LogP) is 3.57. The quantitative estimate of drug-likeness (QED) is 0.754. The maximum atomic E-state index is 12.2. The first-order valence-corrected chi connectivity index (χ1v) is 9.40. The first-order chi connectivity index (χ1) is 13.6. The zero-order valence-corrected chi connectivity index (χ0v) is 16.0. The Bertz CT molecular complexity index is 1000. The third-order valence-corrected chi connectivity index (χ3v) is 5.02. The van der Waals surface area contributed by atoms with Crippen molar-refractivity contribution in [3.8, 4) is 11.4 Å². The maximum Gasteiger partial charge on any atom is 0.226 e. The fraction of sp³-hybridized carbons (Fsp3) is 0.286. The van der Waals surface area contributed by atoms with E-state index in [-0.39, 0.29) is 5.91 Å². The number of amides is 1. The zero-order chi connectivity index (χ0) is 19.5. The normalized spacial score (nSPS) is 14.8. The molecule has 0 saturated carbocycles. The molecular formula is C21H22N6O. The molecule has 28 heavy (non-hydrogen) atoms. The molecule has 1 fully saturated rings. The fourth-order valence-electron chi connectivity index (χ4n) is 3.58. The van der Waals surface area contributed by atoms with Crippen molar-refractivity contribution in [3.05, 3.63) is 52.8 Å². The highest BCUT2D eigenvalue weighted by Gasteiger charge is 2.20. The van der Waals surface area contributed by atoms with Gasteiger partial charge in [0.15, 0.2) is 0 Å². The lowest BCUT2D eigenvalue weighted by molar-refractivity contribution is -0.119. The molecule has 0 aliphatic carbocycles. The van der Waals surface area contributed by atoms with Gasteiger partial charge >= 0.3 is 0 Å². The molecule has 4 rings (SSSR count). The van der Waals surface area contributed by atoms with Crippen molar-refractivity contribution in [3.63, 3.8) is 0 Å². The van der Waals surface area contributed by atoms with E-state index in [1.165, 1.54) is 0 Å². The Hall–Kier alpha value is -3.35. The molecule has 0 bridgehead atoms. The number of hydrogen-bond donors (Lipinski definition) is 1. The van der Waals surface area contributed by atoms with Crippen LogP contribution in [0.15, 0.2) is 30.6 Å². The van der Waals surface area contributed by atoms with Crippen LogP contribution in [0, 0.1) is 13.8 Å². The standard InChI is InChI=1S/C21H22N6O/c1-14-9-18(27-8-4-3-5-20(27)28)10-15(2)19(14)7-6-16-11-17(13-22-12-16)21-23-25-26-24-21/h6-7,9-13H,3-5,8H2,1-2H3,(H,23,24,25,26)/b7-6+. The van der Waals surface area contributed by atoms with E-state index in [2.05, 4.69) is 57.7 Å². The van der Waals surface area contributed by atoms with Gasteiger partial charge in [-0.2, -0.15) is 5.21 Å². The van der Waals surface area contributed by atoms with Crippen molar-refractivity contribution in [2.45, 2.75) is 33.1 Å². The van der Waals surface area contributed by atoms with Crippen molar-refractivity contribution in [1.29, 1.82) is 0 Å². The van der Waals surface area contributed by atoms with E-state index < -0.39 is 0 Å². The van der Waals surface area contributed by atoms with Crippen LogP contribution in [0.3, 0.4) is 0 Å². The zero-order valence-electron chi connectivity index (χ0n) is 16.0. The Morgan fingerprint density at radius 3 is 2.61 bits per heavy atom. The molecule has 1 saturated heterocycles. The Morgan fingerprint density at radius 1 is 1.07 bits per heavy atom. The Labute approximate surface area is 163 Å². The lowest BCUT2D eigenvalue weighted by Crippen LogP contribution is -2.35. The number of nitrogens with one attached hydrogen (secondary N) is 1. The number of carbonyl (C=O) groups is 1. The summed E-state index contributed by atoms with van der Waals surface area (Å²) in [5, 5.41) is 14.0. The maximum absolute atomic E-state index is 12.2. The lowest BCUT2D eigenvalue weighted by Gasteiger charge is -2.28. The number of anilines is 1. The number of rotatable bonds is 4. The van der Waals surface area contributed by atoms with E-state index in [0.717, 1.165) is 52.9 Å². The number of carbonyl (C=O) groups excluding carboxylic acids is 1. The molecule has 0 atom stereocenters. The molecule has 7 heteroatoms. The van der Waals surface area contributed by atoms with Gasteiger partial charge < -0.3 is 4.90 Å². The number of aromatic nitrogens is 5. The number of nitrogens with zero attached hydrogens (tertiary/aromatic N) is 5. The van der Waals surface area contributed by atoms with Gasteiger partial charge in [0, 0.05) is 36.6 Å². The molecule has 1 aliphatic heterocycles. The fourth-order valence-corrected chi connectivity index (χ4v) is 3.58. The van der Waals surface area contributed by atoms with Gasteiger partial charge in [-0.3, -0.25) is 9.78 Å². The summed E-state index contributed by atoms with van der Waals surface area (Å²) < 4.78 is 0. The van der Waals surface area contributed by atoms with Crippen LogP contribution >= 0.6 is 0 Å². The molecule has 1 N–H and O–H groups in total. The summed E-state index contributed by atoms with van der Waals surface area (Å²) in [4.78, 5) is 18.4. The SMILES string of the molecule is Cc1cc(N2CCCCC2=O)cc(C)c1/C=C/c1cncc(-c2nn[nH]n2)c1. The molecule has 3 heterocycles. The highest BCUT2D eigenvalue weighted by molar-refractivity contribution is 5.94. The summed E-state index contributed by atoms with van der Waals surface area (Å²) >= 11 is 0. The van der Waals surface area contributed by atoms with Gasteiger partial charge in [0.2, 0.25) is 11.7 Å². The second kappa shape index (κ2) is 7.72. The van der Waals surface area contributed by atoms with Crippen LogP contribution in [0.4, 0.5) is 5.69 Å². The monoisotopic (exact) mass is 374 g/mol. The van der Waals surface area contributed by atoms with Crippen LogP contribution in [0.25, 0.3) is 23.5 Å². The number of tetrazole rings is 1. The van der Waals surface area contributed by atoms with Crippen LogP contribution in [0.2, 0.25) is 0 Å². The number of aryl methyl sites for hydroxylation is 2. The third kappa shape index (κ3) is 3.69.